The molecule has 1 aromatic carbocycles. The van der Waals surface area contributed by atoms with Gasteiger partial charge in [-0.25, -0.2) is 4.79 Å². The highest BCUT2D eigenvalue weighted by Gasteiger charge is 2.48. The van der Waals surface area contributed by atoms with Crippen LogP contribution in [0.4, 0.5) is 5.69 Å². The van der Waals surface area contributed by atoms with Crippen LogP contribution in [0.25, 0.3) is 0 Å². The van der Waals surface area contributed by atoms with E-state index in [1.807, 2.05) is 40.7 Å². The lowest BCUT2D eigenvalue weighted by Gasteiger charge is -2.38. The summed E-state index contributed by atoms with van der Waals surface area (Å²) in [5, 5.41) is 42.3. The van der Waals surface area contributed by atoms with Crippen LogP contribution in [0.2, 0.25) is 0 Å². The van der Waals surface area contributed by atoms with Gasteiger partial charge in [0.15, 0.2) is 6.10 Å². The molecule has 0 aliphatic carbocycles. The average Bonchev–Trinajstić information content (AvgIpc) is 2.60. The van der Waals surface area contributed by atoms with Crippen LogP contribution in [0.3, 0.4) is 0 Å². The van der Waals surface area contributed by atoms with Crippen LogP contribution >= 0.6 is 0 Å². The molecular formula is C20H31NO8. The zero-order chi connectivity index (χ0) is 21.9. The van der Waals surface area contributed by atoms with Crippen molar-refractivity contribution in [2.24, 2.45) is 0 Å². The summed E-state index contributed by atoms with van der Waals surface area (Å²) >= 11 is 0. The van der Waals surface area contributed by atoms with E-state index >= 15 is 0 Å². The Labute approximate surface area is 170 Å². The Morgan fingerprint density at radius 1 is 1.17 bits per heavy atom. The Balaban J connectivity index is 2.24. The predicted molar refractivity (Wildman–Crippen MR) is 105 cm³/mol. The maximum Gasteiger partial charge on any atom is 0.335 e. The van der Waals surface area contributed by atoms with E-state index in [0.717, 1.165) is 5.56 Å². The SMILES string of the molecule is CC(C)Nc1cc(COC(C)(C)C)ccc1OC1OC(C(=O)O)C(O)C(O)C1O. The molecule has 0 radical (unpaired) electrons. The molecule has 1 heterocycles. The first-order valence-electron chi connectivity index (χ1n) is 9.51. The van der Waals surface area contributed by atoms with E-state index in [9.17, 15) is 25.2 Å². The molecule has 2 rings (SSSR count). The summed E-state index contributed by atoms with van der Waals surface area (Å²) in [5.74, 6) is -1.16. The third kappa shape index (κ3) is 6.28. The number of aliphatic hydroxyl groups is 3. The summed E-state index contributed by atoms with van der Waals surface area (Å²) in [6.45, 7) is 10.1. The van der Waals surface area contributed by atoms with Gasteiger partial charge in [-0.1, -0.05) is 6.07 Å². The third-order valence-corrected chi connectivity index (χ3v) is 4.22. The molecule has 5 atom stereocenters. The van der Waals surface area contributed by atoms with Gasteiger partial charge in [0.25, 0.3) is 0 Å². The monoisotopic (exact) mass is 413 g/mol. The first-order valence-corrected chi connectivity index (χ1v) is 9.51. The molecule has 1 saturated heterocycles. The number of carbonyl (C=O) groups is 1. The fourth-order valence-electron chi connectivity index (χ4n) is 2.77. The molecule has 9 nitrogen and oxygen atoms in total. The van der Waals surface area contributed by atoms with Crippen molar-refractivity contribution in [1.29, 1.82) is 0 Å². The van der Waals surface area contributed by atoms with E-state index in [1.165, 1.54) is 0 Å². The zero-order valence-electron chi connectivity index (χ0n) is 17.3. The van der Waals surface area contributed by atoms with Gasteiger partial charge in [0.05, 0.1) is 17.9 Å². The number of aliphatic hydroxyl groups excluding tert-OH is 3. The van der Waals surface area contributed by atoms with Crippen molar-refractivity contribution < 1.29 is 39.4 Å². The largest absolute Gasteiger partial charge is 0.479 e. The molecule has 0 aromatic heterocycles. The van der Waals surface area contributed by atoms with E-state index in [2.05, 4.69) is 5.32 Å². The van der Waals surface area contributed by atoms with Crippen LogP contribution in [0.5, 0.6) is 5.75 Å². The molecule has 1 fully saturated rings. The van der Waals surface area contributed by atoms with Crippen LogP contribution < -0.4 is 10.1 Å². The number of benzene rings is 1. The highest BCUT2D eigenvalue weighted by molar-refractivity contribution is 5.73. The minimum atomic E-state index is -1.77. The normalized spacial score (nSPS) is 27.7. The van der Waals surface area contributed by atoms with Gasteiger partial charge >= 0.3 is 5.97 Å². The second-order valence-corrected chi connectivity index (χ2v) is 8.38. The minimum Gasteiger partial charge on any atom is -0.479 e. The molecule has 1 aromatic rings. The fraction of sp³-hybridized carbons (Fsp3) is 0.650. The van der Waals surface area contributed by atoms with Crippen molar-refractivity contribution in [2.45, 2.75) is 83.6 Å². The summed E-state index contributed by atoms with van der Waals surface area (Å²) in [6.07, 6.45) is -8.32. The van der Waals surface area contributed by atoms with Crippen LogP contribution in [-0.4, -0.2) is 68.7 Å². The summed E-state index contributed by atoms with van der Waals surface area (Å²) in [5.41, 5.74) is 1.18. The lowest BCUT2D eigenvalue weighted by atomic mass is 9.99. The Bertz CT molecular complexity index is 702. The predicted octanol–water partition coefficient (Wildman–Crippen LogP) is 1.09. The summed E-state index contributed by atoms with van der Waals surface area (Å²) in [7, 11) is 0. The molecule has 0 amide bonds. The minimum absolute atomic E-state index is 0.0625. The van der Waals surface area contributed by atoms with E-state index in [0.29, 0.717) is 18.0 Å². The number of anilines is 1. The van der Waals surface area contributed by atoms with Gasteiger partial charge < -0.3 is 40.0 Å². The van der Waals surface area contributed by atoms with Crippen molar-refractivity contribution >= 4 is 11.7 Å². The number of rotatable bonds is 7. The smallest absolute Gasteiger partial charge is 0.335 e. The lowest BCUT2D eigenvalue weighted by Crippen LogP contribution is -2.61. The second-order valence-electron chi connectivity index (χ2n) is 8.38. The fourth-order valence-corrected chi connectivity index (χ4v) is 2.77. The lowest BCUT2D eigenvalue weighted by molar-refractivity contribution is -0.271. The Morgan fingerprint density at radius 2 is 1.83 bits per heavy atom. The Hall–Kier alpha value is -1.91. The van der Waals surface area contributed by atoms with E-state index < -0.39 is 36.7 Å². The van der Waals surface area contributed by atoms with Crippen LogP contribution in [0.15, 0.2) is 18.2 Å². The number of carboxylic acids is 1. The summed E-state index contributed by atoms with van der Waals surface area (Å²) < 4.78 is 16.7. The highest BCUT2D eigenvalue weighted by atomic mass is 16.7. The molecule has 9 heteroatoms. The van der Waals surface area contributed by atoms with Crippen molar-refractivity contribution in [3.8, 4) is 5.75 Å². The van der Waals surface area contributed by atoms with Gasteiger partial charge in [-0.05, 0) is 52.3 Å². The Morgan fingerprint density at radius 3 is 2.38 bits per heavy atom. The summed E-state index contributed by atoms with van der Waals surface area (Å²) in [4.78, 5) is 11.3. The first kappa shape index (κ1) is 23.4. The van der Waals surface area contributed by atoms with Crippen molar-refractivity contribution in [2.75, 3.05) is 5.32 Å². The van der Waals surface area contributed by atoms with Crippen LogP contribution in [0, 0.1) is 0 Å². The number of ether oxygens (including phenoxy) is 3. The number of hydrogen-bond acceptors (Lipinski definition) is 8. The van der Waals surface area contributed by atoms with Gasteiger partial charge in [0, 0.05) is 6.04 Å². The van der Waals surface area contributed by atoms with E-state index in [1.54, 1.807) is 12.1 Å². The number of carboxylic acid groups (broad SMARTS) is 1. The molecule has 1 aliphatic heterocycles. The van der Waals surface area contributed by atoms with Gasteiger partial charge in [-0.3, -0.25) is 0 Å². The molecule has 164 valence electrons. The van der Waals surface area contributed by atoms with Gasteiger partial charge in [0.2, 0.25) is 6.29 Å². The van der Waals surface area contributed by atoms with E-state index in [-0.39, 0.29) is 11.6 Å². The number of hydrogen-bond donors (Lipinski definition) is 5. The number of aliphatic carboxylic acids is 1. The van der Waals surface area contributed by atoms with Gasteiger partial charge in [0.1, 0.15) is 24.1 Å². The van der Waals surface area contributed by atoms with Crippen molar-refractivity contribution in [3.63, 3.8) is 0 Å². The molecule has 5 N–H and O–H groups in total. The first-order chi connectivity index (χ1) is 13.4. The summed E-state index contributed by atoms with van der Waals surface area (Å²) in [6, 6.07) is 5.32. The van der Waals surface area contributed by atoms with Gasteiger partial charge in [-0.15, -0.1) is 0 Å². The van der Waals surface area contributed by atoms with E-state index in [4.69, 9.17) is 14.2 Å². The Kier molecular flexibility index (Phi) is 7.47. The second kappa shape index (κ2) is 9.27. The molecule has 1 aliphatic rings. The van der Waals surface area contributed by atoms with Gasteiger partial charge in [-0.2, -0.15) is 0 Å². The average molecular weight is 413 g/mol. The zero-order valence-corrected chi connectivity index (χ0v) is 17.3. The third-order valence-electron chi connectivity index (χ3n) is 4.22. The highest BCUT2D eigenvalue weighted by Crippen LogP contribution is 2.31. The molecule has 0 saturated carbocycles. The molecule has 0 bridgehead atoms. The van der Waals surface area contributed by atoms with Crippen LogP contribution in [0.1, 0.15) is 40.2 Å². The maximum atomic E-state index is 11.3. The molecular weight excluding hydrogens is 382 g/mol. The van der Waals surface area contributed by atoms with Crippen LogP contribution in [-0.2, 0) is 20.9 Å². The number of nitrogens with one attached hydrogen (secondary N) is 1. The standard InChI is InChI=1S/C20H31NO8/c1-10(2)21-12-8-11(9-27-20(3,4)5)6-7-13(12)28-19-16(24)14(22)15(23)17(29-19)18(25)26/h6-8,10,14-17,19,21-24H,9H2,1-5H3,(H,25,26). The molecule has 5 unspecified atom stereocenters. The van der Waals surface area contributed by atoms with Crippen molar-refractivity contribution in [3.05, 3.63) is 23.8 Å². The topological polar surface area (TPSA) is 138 Å². The molecule has 0 spiro atoms. The molecule has 29 heavy (non-hydrogen) atoms. The van der Waals surface area contributed by atoms with Crippen molar-refractivity contribution in [1.82, 2.24) is 0 Å². The quantitative estimate of drug-likeness (QED) is 0.445. The maximum absolute atomic E-state index is 11.3.